The van der Waals surface area contributed by atoms with Crippen LogP contribution < -0.4 is 41.4 Å². The van der Waals surface area contributed by atoms with Gasteiger partial charge in [-0.15, -0.1) is 0 Å². The summed E-state index contributed by atoms with van der Waals surface area (Å²) in [5.74, 6) is -11.3. The second kappa shape index (κ2) is 38.0. The molecule has 94 heavy (non-hydrogen) atoms. The lowest BCUT2D eigenvalue weighted by Gasteiger charge is -2.33. The van der Waals surface area contributed by atoms with Crippen LogP contribution in [0.25, 0.3) is 10.9 Å². The number of imidazole rings is 1. The number of benzene rings is 2. The maximum atomic E-state index is 13.7. The largest absolute Gasteiger partial charge is 0.494 e. The van der Waals surface area contributed by atoms with E-state index in [4.69, 9.17) is 4.74 Å². The van der Waals surface area contributed by atoms with Gasteiger partial charge in [0.1, 0.15) is 17.8 Å². The van der Waals surface area contributed by atoms with Gasteiger partial charge in [-0.05, 0) is 81.0 Å². The summed E-state index contributed by atoms with van der Waals surface area (Å²) >= 11 is 0. The summed E-state index contributed by atoms with van der Waals surface area (Å²) in [5.41, 5.74) is 1.39. The molecule has 1 saturated heterocycles. The fourth-order valence-electron chi connectivity index (χ4n) is 10.1. The van der Waals surface area contributed by atoms with E-state index in [9.17, 15) is 91.8 Å². The van der Waals surface area contributed by atoms with Gasteiger partial charge in [0.25, 0.3) is 5.91 Å². The predicted molar refractivity (Wildman–Crippen MR) is 333 cm³/mol. The Morgan fingerprint density at radius 3 is 1.74 bits per heavy atom. The molecule has 4 aromatic rings. The first kappa shape index (κ1) is 75.4. The third kappa shape index (κ3) is 26.7. The summed E-state index contributed by atoms with van der Waals surface area (Å²) in [6.45, 7) is 2.42. The summed E-state index contributed by atoms with van der Waals surface area (Å²) in [6, 6.07) is 4.50. The van der Waals surface area contributed by atoms with Gasteiger partial charge < -0.3 is 72.3 Å². The van der Waals surface area contributed by atoms with Gasteiger partial charge in [0.05, 0.1) is 55.3 Å². The molecule has 3 unspecified atom stereocenters. The molecule has 5 rings (SSSR count). The zero-order valence-corrected chi connectivity index (χ0v) is 53.0. The molecular formula is C58H83N15O20S. The molecule has 3 atom stereocenters. The van der Waals surface area contributed by atoms with Crippen LogP contribution in [0, 0.1) is 19.8 Å². The summed E-state index contributed by atoms with van der Waals surface area (Å²) in [5, 5.41) is 78.3. The van der Waals surface area contributed by atoms with Crippen molar-refractivity contribution in [2.75, 3.05) is 123 Å². The van der Waals surface area contributed by atoms with E-state index in [2.05, 4.69) is 51.7 Å². The lowest BCUT2D eigenvalue weighted by molar-refractivity contribution is -0.140. The molecule has 2 aromatic heterocycles. The van der Waals surface area contributed by atoms with Crippen molar-refractivity contribution in [1.29, 1.82) is 0 Å². The van der Waals surface area contributed by atoms with Crippen LogP contribution in [-0.2, 0) is 64.5 Å². The summed E-state index contributed by atoms with van der Waals surface area (Å²) in [6.07, 6.45) is 3.96. The van der Waals surface area contributed by atoms with Gasteiger partial charge in [-0.25, -0.2) is 13.4 Å². The highest BCUT2D eigenvalue weighted by Crippen LogP contribution is 2.27. The van der Waals surface area contributed by atoms with Crippen molar-refractivity contribution in [3.63, 3.8) is 0 Å². The molecule has 0 radical (unpaired) electrons. The SMILES string of the molecule is Cc1cc(OCCCC(=O)NCCNC(=O)C(CCC(=O)O)NC(=O)C(CCC(=O)O)CNC(=O)CN2CCN(CC(=O)O)CCN(CC(=O)O)CCN(CC(=O)O)CC2)cc(C)c1S(=O)(=O)NC(CNC(=O)c1ccc2c(cnn2CCCNc2ncc[nH]2)c1)C(=O)O. The number of sulfonamides is 1. The molecule has 5 amide bonds. The average molecular weight is 1340 g/mol. The molecule has 2 aromatic carbocycles. The van der Waals surface area contributed by atoms with E-state index in [-0.39, 0.29) is 132 Å². The number of H-pyrrole nitrogens is 1. The van der Waals surface area contributed by atoms with Crippen molar-refractivity contribution in [2.24, 2.45) is 5.92 Å². The zero-order valence-electron chi connectivity index (χ0n) is 52.2. The number of aliphatic carboxylic acids is 6. The number of aromatic amines is 1. The van der Waals surface area contributed by atoms with Gasteiger partial charge in [0.2, 0.25) is 33.7 Å². The highest BCUT2D eigenvalue weighted by molar-refractivity contribution is 7.89. The second-order valence-electron chi connectivity index (χ2n) is 22.3. The Balaban J connectivity index is 1.07. The Bertz CT molecular complexity index is 3330. The number of carboxylic acids is 6. The van der Waals surface area contributed by atoms with Crippen molar-refractivity contribution in [3.8, 4) is 5.75 Å². The molecular weight excluding hydrogens is 1260 g/mol. The Labute approximate surface area is 540 Å². The third-order valence-electron chi connectivity index (χ3n) is 14.8. The van der Waals surface area contributed by atoms with E-state index in [1.54, 1.807) is 61.1 Å². The molecule has 0 saturated carbocycles. The normalized spacial score (nSPS) is 14.8. The number of carboxylic acid groups (broad SMARTS) is 6. The number of hydrogen-bond acceptors (Lipinski definition) is 21. The molecule has 516 valence electrons. The summed E-state index contributed by atoms with van der Waals surface area (Å²) in [7, 11) is -4.49. The van der Waals surface area contributed by atoms with Crippen molar-refractivity contribution in [3.05, 3.63) is 65.6 Å². The first-order chi connectivity index (χ1) is 44.6. The lowest BCUT2D eigenvalue weighted by Crippen LogP contribution is -2.52. The second-order valence-corrected chi connectivity index (χ2v) is 23.9. The van der Waals surface area contributed by atoms with E-state index in [0.29, 0.717) is 24.4 Å². The lowest BCUT2D eigenvalue weighted by atomic mass is 10.0. The molecule has 1 aliphatic rings. The van der Waals surface area contributed by atoms with Gasteiger partial charge in [0.15, 0.2) is 5.95 Å². The van der Waals surface area contributed by atoms with Crippen LogP contribution in [0.3, 0.4) is 0 Å². The van der Waals surface area contributed by atoms with Crippen molar-refractivity contribution >= 4 is 92.2 Å². The molecule has 1 fully saturated rings. The molecule has 0 bridgehead atoms. The fraction of sp³-hybridized carbons (Fsp3) is 0.534. The van der Waals surface area contributed by atoms with Crippen LogP contribution >= 0.6 is 0 Å². The Hall–Kier alpha value is -9.36. The Morgan fingerprint density at radius 1 is 0.617 bits per heavy atom. The number of anilines is 1. The smallest absolute Gasteiger partial charge is 0.323 e. The predicted octanol–water partition coefficient (Wildman–Crippen LogP) is -2.15. The first-order valence-corrected chi connectivity index (χ1v) is 31.7. The molecule has 36 heteroatoms. The van der Waals surface area contributed by atoms with Crippen LogP contribution in [0.2, 0.25) is 0 Å². The Morgan fingerprint density at radius 2 is 1.19 bits per heavy atom. The number of carbonyl (C=O) groups is 11. The highest BCUT2D eigenvalue weighted by atomic mass is 32.2. The van der Waals surface area contributed by atoms with Crippen molar-refractivity contribution in [1.82, 2.24) is 70.7 Å². The van der Waals surface area contributed by atoms with Gasteiger partial charge in [0, 0.05) is 134 Å². The number of amides is 5. The van der Waals surface area contributed by atoms with Crippen LogP contribution in [0.4, 0.5) is 5.95 Å². The number of aromatic nitrogens is 4. The number of fused-ring (bicyclic) bond motifs is 1. The van der Waals surface area contributed by atoms with E-state index in [0.717, 1.165) is 11.9 Å². The summed E-state index contributed by atoms with van der Waals surface area (Å²) < 4.78 is 37.1. The number of aryl methyl sites for hydroxylation is 3. The standard InChI is InChI=1S/C58H83N15O20S/c1-37-27-42(28-38(2)53(37)94(91,92)68-44(57(89)90)32-65-54(86)39-6-9-45-41(29-39)31-66-73(45)17-4-12-61-58-62-15-16-63-58)93-26-3-5-46(74)59-13-14-60-56(88)43(8-11-49(78)79)67-55(87)40(7-10-48(76)77)30-64-47(75)33-69-18-20-70(34-50(80)81)22-24-72(36-52(84)85)25-23-71(21-19-69)35-51(82)83/h6,9,15-16,27-29,31,40,43-44,68H,3-5,7-8,10-14,17-26,30,32-36H2,1-2H3,(H,59,74)(H,60,88)(H,64,75)(H,65,86)(H,67,87)(H,76,77)(H,78,79)(H,80,81)(H,82,83)(H,84,85)(H,89,90)(H2,61,62,63). The number of carbonyl (C=O) groups excluding carboxylic acids is 5. The summed E-state index contributed by atoms with van der Waals surface area (Å²) in [4.78, 5) is 150. The number of hydrogen-bond donors (Lipinski definition) is 14. The molecule has 14 N–H and O–H groups in total. The highest BCUT2D eigenvalue weighted by Gasteiger charge is 2.31. The fourth-order valence-corrected chi connectivity index (χ4v) is 11.7. The van der Waals surface area contributed by atoms with E-state index in [1.165, 1.54) is 26.0 Å². The minimum Gasteiger partial charge on any atom is -0.494 e. The average Bonchev–Trinajstić information content (AvgIpc) is 0.974. The third-order valence-corrected chi connectivity index (χ3v) is 16.6. The zero-order chi connectivity index (χ0) is 68.9. The van der Waals surface area contributed by atoms with Gasteiger partial charge in [-0.2, -0.15) is 9.82 Å². The molecule has 0 spiro atoms. The number of rotatable bonds is 39. The minimum atomic E-state index is -4.49. The molecule has 35 nitrogen and oxygen atoms in total. The quantitative estimate of drug-likeness (QED) is 0.0212. The topological polar surface area (TPSA) is 496 Å². The van der Waals surface area contributed by atoms with Crippen LogP contribution in [0.1, 0.15) is 66.4 Å². The van der Waals surface area contributed by atoms with Crippen molar-refractivity contribution < 1.29 is 96.5 Å². The van der Waals surface area contributed by atoms with Crippen LogP contribution in [-0.4, -0.2) is 274 Å². The van der Waals surface area contributed by atoms with Gasteiger partial charge in [-0.3, -0.25) is 77.0 Å². The maximum Gasteiger partial charge on any atom is 0.323 e. The molecule has 3 heterocycles. The van der Waals surface area contributed by atoms with Gasteiger partial charge >= 0.3 is 35.8 Å². The number of ether oxygens (including phenoxy) is 1. The first-order valence-electron chi connectivity index (χ1n) is 30.2. The van der Waals surface area contributed by atoms with E-state index >= 15 is 0 Å². The molecule has 1 aliphatic heterocycles. The van der Waals surface area contributed by atoms with E-state index in [1.807, 2.05) is 0 Å². The maximum absolute atomic E-state index is 13.7. The number of nitrogens with one attached hydrogen (secondary N) is 8. The Kier molecular flexibility index (Phi) is 30.4. The van der Waals surface area contributed by atoms with Crippen molar-refractivity contribution in [2.45, 2.75) is 82.3 Å². The molecule has 0 aliphatic carbocycles. The van der Waals surface area contributed by atoms with Crippen LogP contribution in [0.5, 0.6) is 5.75 Å². The van der Waals surface area contributed by atoms with Crippen LogP contribution in [0.15, 0.2) is 53.8 Å². The van der Waals surface area contributed by atoms with E-state index < -0.39 is 139 Å². The number of nitrogens with zero attached hydrogens (tertiary/aromatic N) is 7. The monoisotopic (exact) mass is 1340 g/mol. The minimum absolute atomic E-state index is 0.00202. The van der Waals surface area contributed by atoms with Gasteiger partial charge in [-0.1, -0.05) is 0 Å².